The Labute approximate surface area is 226 Å². The Balaban J connectivity index is 1.59. The molecule has 14 nitrogen and oxygen atoms in total. The first-order chi connectivity index (χ1) is 18.9. The van der Waals surface area contributed by atoms with Crippen molar-refractivity contribution in [3.63, 3.8) is 0 Å². The monoisotopic (exact) mass is 564 g/mol. The van der Waals surface area contributed by atoms with E-state index in [0.717, 1.165) is 12.1 Å². The van der Waals surface area contributed by atoms with Gasteiger partial charge < -0.3 is 59.8 Å². The molecule has 40 heavy (non-hydrogen) atoms. The number of rotatable bonds is 6. The van der Waals surface area contributed by atoms with Crippen LogP contribution in [0.15, 0.2) is 24.3 Å². The lowest BCUT2D eigenvalue weighted by Gasteiger charge is -2.40. The molecule has 2 fully saturated rings. The van der Waals surface area contributed by atoms with Crippen LogP contribution >= 0.6 is 0 Å². The zero-order valence-electron chi connectivity index (χ0n) is 21.0. The van der Waals surface area contributed by atoms with Crippen LogP contribution in [0.1, 0.15) is 37.4 Å². The second kappa shape index (κ2) is 10.3. The van der Waals surface area contributed by atoms with Crippen molar-refractivity contribution in [1.29, 1.82) is 0 Å². The molecule has 2 aromatic rings. The maximum atomic E-state index is 13.6. The molecule has 0 aromatic heterocycles. The number of aromatic hydroxyl groups is 1. The van der Waals surface area contributed by atoms with E-state index < -0.39 is 91.6 Å². The molecule has 8 N–H and O–H groups in total. The van der Waals surface area contributed by atoms with Gasteiger partial charge in [-0.15, -0.1) is 0 Å². The molecule has 8 atom stereocenters. The van der Waals surface area contributed by atoms with Crippen molar-refractivity contribution in [2.24, 2.45) is 0 Å². The molecule has 0 spiro atoms. The van der Waals surface area contributed by atoms with Crippen LogP contribution < -0.4 is 9.47 Å². The molecule has 3 aliphatic rings. The van der Waals surface area contributed by atoms with Gasteiger partial charge in [-0.2, -0.15) is 0 Å². The van der Waals surface area contributed by atoms with Gasteiger partial charge in [-0.05, 0) is 30.7 Å². The minimum absolute atomic E-state index is 0.0993. The van der Waals surface area contributed by atoms with Crippen molar-refractivity contribution in [3.8, 4) is 17.2 Å². The largest absolute Gasteiger partial charge is 0.507 e. The van der Waals surface area contributed by atoms with E-state index in [1.54, 1.807) is 6.92 Å². The van der Waals surface area contributed by atoms with Gasteiger partial charge in [0.25, 0.3) is 0 Å². The van der Waals surface area contributed by atoms with Crippen LogP contribution in [0.3, 0.4) is 0 Å². The third-order valence-electron chi connectivity index (χ3n) is 7.20. The summed E-state index contributed by atoms with van der Waals surface area (Å²) in [4.78, 5) is 27.2. The Morgan fingerprint density at radius 2 is 1.60 bits per heavy atom. The Hall–Kier alpha value is -3.18. The molecule has 2 aromatic carbocycles. The van der Waals surface area contributed by atoms with E-state index >= 15 is 0 Å². The summed E-state index contributed by atoms with van der Waals surface area (Å²) in [6.07, 6.45) is -11.7. The Bertz CT molecular complexity index is 1340. The molecule has 0 bridgehead atoms. The average molecular weight is 564 g/mol. The van der Waals surface area contributed by atoms with Gasteiger partial charge >= 0.3 is 0 Å². The normalized spacial score (nSPS) is 33.5. The van der Waals surface area contributed by atoms with Crippen LogP contribution in [0.25, 0.3) is 0 Å². The molecule has 0 radical (unpaired) electrons. The van der Waals surface area contributed by atoms with Gasteiger partial charge in [0.05, 0.1) is 30.9 Å². The van der Waals surface area contributed by atoms with Gasteiger partial charge in [0.1, 0.15) is 53.4 Å². The number of phenolic OH excluding ortho intramolecular Hbond substituents is 1. The number of ether oxygens (including phenoxy) is 4. The Morgan fingerprint density at radius 1 is 0.900 bits per heavy atom. The summed E-state index contributed by atoms with van der Waals surface area (Å²) in [5, 5.41) is 80.9. The van der Waals surface area contributed by atoms with E-state index in [9.17, 15) is 50.4 Å². The SMILES string of the molecule is Cc1cc(O)c2c(c1)C(=O)c1cc(O[C@@H]3OC[C@](O)(CO)[C@H]3O)cc(O[C@H]3O[C@@H](CO)[C@H](O)[C@@H](O)[C@@H]3O)c1C2=O. The molecular weight excluding hydrogens is 536 g/mol. The average Bonchev–Trinajstić information content (AvgIpc) is 3.20. The number of hydrogen-bond acceptors (Lipinski definition) is 14. The fraction of sp³-hybridized carbons (Fsp3) is 0.462. The number of benzene rings is 2. The highest BCUT2D eigenvalue weighted by Gasteiger charge is 2.50. The van der Waals surface area contributed by atoms with Crippen molar-refractivity contribution in [1.82, 2.24) is 0 Å². The van der Waals surface area contributed by atoms with Gasteiger partial charge in [-0.1, -0.05) is 0 Å². The number of fused-ring (bicyclic) bond motifs is 2. The van der Waals surface area contributed by atoms with E-state index in [2.05, 4.69) is 0 Å². The first kappa shape index (κ1) is 28.4. The number of carbonyl (C=O) groups excluding carboxylic acids is 2. The molecule has 1 aliphatic carbocycles. The van der Waals surface area contributed by atoms with Crippen molar-refractivity contribution in [3.05, 3.63) is 52.1 Å². The van der Waals surface area contributed by atoms with Gasteiger partial charge in [-0.25, -0.2) is 0 Å². The van der Waals surface area contributed by atoms with E-state index in [1.807, 2.05) is 0 Å². The number of hydrogen-bond donors (Lipinski definition) is 8. The maximum Gasteiger partial charge on any atom is 0.229 e. The summed E-state index contributed by atoms with van der Waals surface area (Å²) in [7, 11) is 0. The zero-order chi connectivity index (χ0) is 29.1. The standard InChI is InChI=1S/C26H28O14/c1-9-2-11-16(13(29)3-9)20(32)17-12(18(11)30)4-10(38-25-23(35)26(36,7-28)8-37-25)5-14(17)39-24-22(34)21(33)19(31)15(6-27)40-24/h2-5,15,19,21-25,27-29,31,33-36H,6-8H2,1H3/t15-,19-,21+,22-,23-,24-,25-,26+/m0/s1. The van der Waals surface area contributed by atoms with Crippen LogP contribution in [0.4, 0.5) is 0 Å². The van der Waals surface area contributed by atoms with Crippen LogP contribution in [0.5, 0.6) is 17.2 Å². The van der Waals surface area contributed by atoms with Gasteiger partial charge in [0, 0.05) is 17.2 Å². The van der Waals surface area contributed by atoms with Crippen LogP contribution in [0, 0.1) is 6.92 Å². The van der Waals surface area contributed by atoms with E-state index in [4.69, 9.17) is 18.9 Å². The molecule has 14 heteroatoms. The lowest BCUT2D eigenvalue weighted by Crippen LogP contribution is -2.60. The van der Waals surface area contributed by atoms with Gasteiger partial charge in [0.15, 0.2) is 5.78 Å². The third kappa shape index (κ3) is 4.52. The first-order valence-electron chi connectivity index (χ1n) is 12.3. The first-order valence-corrected chi connectivity index (χ1v) is 12.3. The number of ketones is 2. The van der Waals surface area contributed by atoms with E-state index in [1.165, 1.54) is 12.1 Å². The predicted molar refractivity (Wildman–Crippen MR) is 129 cm³/mol. The smallest absolute Gasteiger partial charge is 0.229 e. The lowest BCUT2D eigenvalue weighted by molar-refractivity contribution is -0.277. The molecule has 2 heterocycles. The number of carbonyl (C=O) groups is 2. The predicted octanol–water partition coefficient (Wildman–Crippen LogP) is -2.53. The number of phenols is 1. The second-order valence-corrected chi connectivity index (χ2v) is 10.0. The zero-order valence-corrected chi connectivity index (χ0v) is 21.0. The topological polar surface area (TPSA) is 233 Å². The Morgan fingerprint density at radius 3 is 2.25 bits per heavy atom. The molecule has 216 valence electrons. The summed E-state index contributed by atoms with van der Waals surface area (Å²) < 4.78 is 22.0. The fourth-order valence-electron chi connectivity index (χ4n) is 4.94. The lowest BCUT2D eigenvalue weighted by atomic mass is 9.82. The molecular formula is C26H28O14. The Kier molecular flexibility index (Phi) is 7.33. The fourth-order valence-corrected chi connectivity index (χ4v) is 4.94. The molecule has 5 rings (SSSR count). The van der Waals surface area contributed by atoms with Crippen LogP contribution in [0.2, 0.25) is 0 Å². The van der Waals surface area contributed by atoms with Gasteiger partial charge in [-0.3, -0.25) is 9.59 Å². The number of aryl methyl sites for hydroxylation is 1. The van der Waals surface area contributed by atoms with Gasteiger partial charge in [0.2, 0.25) is 18.4 Å². The molecule has 2 aliphatic heterocycles. The highest BCUT2D eigenvalue weighted by atomic mass is 16.7. The van der Waals surface area contributed by atoms with E-state index in [-0.39, 0.29) is 28.0 Å². The second-order valence-electron chi connectivity index (χ2n) is 10.0. The maximum absolute atomic E-state index is 13.6. The highest BCUT2D eigenvalue weighted by molar-refractivity contribution is 6.30. The number of aliphatic hydroxyl groups excluding tert-OH is 6. The summed E-state index contributed by atoms with van der Waals surface area (Å²) in [6, 6.07) is 4.96. The summed E-state index contributed by atoms with van der Waals surface area (Å²) in [5.74, 6) is -2.59. The summed E-state index contributed by atoms with van der Waals surface area (Å²) >= 11 is 0. The summed E-state index contributed by atoms with van der Waals surface area (Å²) in [5.41, 5.74) is -2.51. The molecule has 0 saturated carbocycles. The minimum Gasteiger partial charge on any atom is -0.507 e. The van der Waals surface area contributed by atoms with Crippen LogP contribution in [-0.4, -0.2) is 121 Å². The van der Waals surface area contributed by atoms with Crippen LogP contribution in [-0.2, 0) is 9.47 Å². The van der Waals surface area contributed by atoms with Crippen molar-refractivity contribution in [2.45, 2.75) is 55.6 Å². The van der Waals surface area contributed by atoms with E-state index in [0.29, 0.717) is 5.56 Å². The quantitative estimate of drug-likeness (QED) is 0.154. The van der Waals surface area contributed by atoms with Crippen molar-refractivity contribution in [2.75, 3.05) is 19.8 Å². The highest BCUT2D eigenvalue weighted by Crippen LogP contribution is 2.41. The summed E-state index contributed by atoms with van der Waals surface area (Å²) in [6.45, 7) is -0.454. The van der Waals surface area contributed by atoms with Crippen molar-refractivity contribution >= 4 is 11.6 Å². The molecule has 0 amide bonds. The molecule has 2 saturated heterocycles. The molecule has 0 unspecified atom stereocenters. The minimum atomic E-state index is -2.02. The van der Waals surface area contributed by atoms with Crippen molar-refractivity contribution < 1.29 is 69.4 Å². The third-order valence-corrected chi connectivity index (χ3v) is 7.20. The number of aliphatic hydroxyl groups is 7.